The lowest BCUT2D eigenvalue weighted by Crippen LogP contribution is -2.19. The average Bonchev–Trinajstić information content (AvgIpc) is 2.26. The number of esters is 2. The van der Waals surface area contributed by atoms with Gasteiger partial charge in [-0.1, -0.05) is 6.08 Å². The van der Waals surface area contributed by atoms with Crippen LogP contribution in [0.3, 0.4) is 0 Å². The molecule has 0 aliphatic heterocycles. The van der Waals surface area contributed by atoms with Gasteiger partial charge in [0.15, 0.2) is 0 Å². The fourth-order valence-electron chi connectivity index (χ4n) is 0.879. The van der Waals surface area contributed by atoms with Gasteiger partial charge >= 0.3 is 11.9 Å². The molecule has 0 radical (unpaired) electrons. The van der Waals surface area contributed by atoms with Gasteiger partial charge in [-0.25, -0.2) is 4.79 Å². The molecule has 0 amide bonds. The zero-order valence-corrected chi connectivity index (χ0v) is 10.9. The Morgan fingerprint density at radius 2 is 1.76 bits per heavy atom. The summed E-state index contributed by atoms with van der Waals surface area (Å²) in [4.78, 5) is 26.5. The van der Waals surface area contributed by atoms with E-state index in [1.807, 2.05) is 20.8 Å². The summed E-state index contributed by atoms with van der Waals surface area (Å²) in [5.41, 5.74) is -0.286. The normalized spacial score (nSPS) is 13.9. The summed E-state index contributed by atoms with van der Waals surface area (Å²) in [6.07, 6.45) is 4.04. The van der Waals surface area contributed by atoms with Crippen molar-refractivity contribution >= 4 is 18.2 Å². The molecule has 0 rings (SSSR count). The molecule has 17 heavy (non-hydrogen) atoms. The third-order valence-electron chi connectivity index (χ3n) is 1.74. The highest BCUT2D eigenvalue weighted by Gasteiger charge is 2.15. The van der Waals surface area contributed by atoms with Crippen LogP contribution in [-0.2, 0) is 19.1 Å². The van der Waals surface area contributed by atoms with E-state index in [9.17, 15) is 9.59 Å². The third kappa shape index (κ3) is 7.27. The minimum Gasteiger partial charge on any atom is -0.468 e. The molecule has 0 fully saturated rings. The molecule has 0 heterocycles. The van der Waals surface area contributed by atoms with E-state index in [-0.39, 0.29) is 5.54 Å². The number of aliphatic imine (C=N–C) groups is 1. The van der Waals surface area contributed by atoms with Crippen molar-refractivity contribution in [2.24, 2.45) is 10.9 Å². The van der Waals surface area contributed by atoms with E-state index in [2.05, 4.69) is 14.5 Å². The summed E-state index contributed by atoms with van der Waals surface area (Å²) in [6.45, 7) is 5.71. The fraction of sp³-hybridized carbons (Fsp3) is 0.583. The Labute approximate surface area is 102 Å². The molecule has 0 aromatic heterocycles. The van der Waals surface area contributed by atoms with Crippen molar-refractivity contribution in [2.45, 2.75) is 26.3 Å². The molecule has 0 N–H and O–H groups in total. The number of methoxy groups -OCH3 is 2. The maximum atomic E-state index is 11.4. The molecular formula is C12H19NO4. The van der Waals surface area contributed by atoms with Gasteiger partial charge in [0.1, 0.15) is 5.92 Å². The molecular weight excluding hydrogens is 222 g/mol. The molecule has 1 unspecified atom stereocenters. The van der Waals surface area contributed by atoms with Crippen molar-refractivity contribution in [3.63, 3.8) is 0 Å². The smallest absolute Gasteiger partial charge is 0.330 e. The number of hydrogen-bond acceptors (Lipinski definition) is 5. The minimum absolute atomic E-state index is 0.286. The van der Waals surface area contributed by atoms with E-state index in [0.717, 1.165) is 0 Å². The van der Waals surface area contributed by atoms with Crippen LogP contribution in [-0.4, -0.2) is 37.9 Å². The van der Waals surface area contributed by atoms with Gasteiger partial charge in [0.05, 0.1) is 19.8 Å². The Bertz CT molecular complexity index is 326. The Morgan fingerprint density at radius 3 is 2.18 bits per heavy atom. The van der Waals surface area contributed by atoms with Crippen LogP contribution in [0.5, 0.6) is 0 Å². The summed E-state index contributed by atoms with van der Waals surface area (Å²) in [7, 11) is 2.55. The zero-order chi connectivity index (χ0) is 13.5. The van der Waals surface area contributed by atoms with Crippen LogP contribution >= 0.6 is 0 Å². The minimum atomic E-state index is -0.682. The first-order valence-corrected chi connectivity index (χ1v) is 5.19. The second kappa shape index (κ2) is 6.83. The second-order valence-corrected chi connectivity index (χ2v) is 4.38. The molecule has 0 saturated heterocycles. The van der Waals surface area contributed by atoms with E-state index < -0.39 is 17.9 Å². The van der Waals surface area contributed by atoms with Gasteiger partial charge in [0.25, 0.3) is 0 Å². The standard InChI is InChI=1S/C12H19NO4/c1-12(2,3)13-8-9(11(15)17-5)6-7-10(14)16-4/h6-9H,1-5H3. The van der Waals surface area contributed by atoms with Gasteiger partial charge in [-0.2, -0.15) is 0 Å². The van der Waals surface area contributed by atoms with Crippen molar-refractivity contribution in [3.05, 3.63) is 12.2 Å². The number of carbonyl (C=O) groups is 2. The van der Waals surface area contributed by atoms with Gasteiger partial charge in [-0.05, 0) is 20.8 Å². The molecule has 0 aromatic carbocycles. The molecule has 5 nitrogen and oxygen atoms in total. The van der Waals surface area contributed by atoms with Gasteiger partial charge in [-0.3, -0.25) is 9.79 Å². The Balaban J connectivity index is 4.79. The number of rotatable bonds is 4. The molecule has 0 aromatic rings. The lowest BCUT2D eigenvalue weighted by molar-refractivity contribution is -0.141. The predicted molar refractivity (Wildman–Crippen MR) is 64.9 cm³/mol. The van der Waals surface area contributed by atoms with E-state index in [4.69, 9.17) is 0 Å². The highest BCUT2D eigenvalue weighted by Crippen LogP contribution is 2.08. The zero-order valence-electron chi connectivity index (χ0n) is 10.9. The van der Waals surface area contributed by atoms with Crippen molar-refractivity contribution in [1.82, 2.24) is 0 Å². The highest BCUT2D eigenvalue weighted by atomic mass is 16.5. The monoisotopic (exact) mass is 241 g/mol. The van der Waals surface area contributed by atoms with Crippen LogP contribution in [0.1, 0.15) is 20.8 Å². The topological polar surface area (TPSA) is 65.0 Å². The van der Waals surface area contributed by atoms with E-state index in [1.165, 1.54) is 32.6 Å². The molecule has 96 valence electrons. The van der Waals surface area contributed by atoms with Gasteiger partial charge in [0.2, 0.25) is 0 Å². The van der Waals surface area contributed by atoms with Crippen molar-refractivity contribution in [3.8, 4) is 0 Å². The van der Waals surface area contributed by atoms with Gasteiger partial charge < -0.3 is 9.47 Å². The lowest BCUT2D eigenvalue weighted by Gasteiger charge is -2.12. The number of ether oxygens (including phenoxy) is 2. The summed E-state index contributed by atoms with van der Waals surface area (Å²) >= 11 is 0. The molecule has 0 aliphatic rings. The van der Waals surface area contributed by atoms with Gasteiger partial charge in [0, 0.05) is 12.3 Å². The first-order valence-electron chi connectivity index (χ1n) is 5.19. The molecule has 0 spiro atoms. The molecule has 0 bridgehead atoms. The van der Waals surface area contributed by atoms with E-state index in [1.54, 1.807) is 0 Å². The van der Waals surface area contributed by atoms with Crippen LogP contribution in [0, 0.1) is 5.92 Å². The van der Waals surface area contributed by atoms with Gasteiger partial charge in [-0.15, -0.1) is 0 Å². The average molecular weight is 241 g/mol. The van der Waals surface area contributed by atoms with Crippen LogP contribution < -0.4 is 0 Å². The third-order valence-corrected chi connectivity index (χ3v) is 1.74. The van der Waals surface area contributed by atoms with E-state index in [0.29, 0.717) is 0 Å². The Hall–Kier alpha value is -1.65. The molecule has 0 aliphatic carbocycles. The van der Waals surface area contributed by atoms with Crippen molar-refractivity contribution in [2.75, 3.05) is 14.2 Å². The number of hydrogen-bond donors (Lipinski definition) is 0. The maximum absolute atomic E-state index is 11.4. The quantitative estimate of drug-likeness (QED) is 0.423. The summed E-state index contributed by atoms with van der Waals surface area (Å²) in [5.74, 6) is -1.68. The summed E-state index contributed by atoms with van der Waals surface area (Å²) < 4.78 is 9.05. The predicted octanol–water partition coefficient (Wildman–Crippen LogP) is 1.37. The summed E-state index contributed by atoms with van der Waals surface area (Å²) in [6, 6.07) is 0. The molecule has 0 saturated carbocycles. The highest BCUT2D eigenvalue weighted by molar-refractivity contribution is 5.93. The largest absolute Gasteiger partial charge is 0.468 e. The lowest BCUT2D eigenvalue weighted by atomic mass is 10.1. The van der Waals surface area contributed by atoms with E-state index >= 15 is 0 Å². The number of nitrogens with zero attached hydrogens (tertiary/aromatic N) is 1. The fourth-order valence-corrected chi connectivity index (χ4v) is 0.879. The maximum Gasteiger partial charge on any atom is 0.330 e. The first-order chi connectivity index (χ1) is 7.80. The summed E-state index contributed by atoms with van der Waals surface area (Å²) in [5, 5.41) is 0. The SMILES string of the molecule is COC(=O)C=CC(C=NC(C)(C)C)C(=O)OC. The second-order valence-electron chi connectivity index (χ2n) is 4.38. The Kier molecular flexibility index (Phi) is 6.17. The van der Waals surface area contributed by atoms with Crippen LogP contribution in [0.25, 0.3) is 0 Å². The van der Waals surface area contributed by atoms with Crippen LogP contribution in [0.2, 0.25) is 0 Å². The first kappa shape index (κ1) is 15.3. The van der Waals surface area contributed by atoms with Crippen molar-refractivity contribution < 1.29 is 19.1 Å². The van der Waals surface area contributed by atoms with Crippen molar-refractivity contribution in [1.29, 1.82) is 0 Å². The molecule has 1 atom stereocenters. The van der Waals surface area contributed by atoms with Crippen LogP contribution in [0.4, 0.5) is 0 Å². The Morgan fingerprint density at radius 1 is 1.18 bits per heavy atom. The van der Waals surface area contributed by atoms with Crippen LogP contribution in [0.15, 0.2) is 17.1 Å². The number of carbonyl (C=O) groups excluding carboxylic acids is 2. The molecule has 5 heteroatoms.